The van der Waals surface area contributed by atoms with E-state index in [2.05, 4.69) is 15.5 Å². The predicted molar refractivity (Wildman–Crippen MR) is 51.3 cm³/mol. The van der Waals surface area contributed by atoms with Gasteiger partial charge in [-0.05, 0) is 18.9 Å². The van der Waals surface area contributed by atoms with E-state index in [0.29, 0.717) is 18.3 Å². The highest BCUT2D eigenvalue weighted by atomic mass is 16.1. The van der Waals surface area contributed by atoms with Crippen molar-refractivity contribution in [2.75, 3.05) is 13.1 Å². The van der Waals surface area contributed by atoms with Gasteiger partial charge in [0.05, 0.1) is 17.5 Å². The smallest absolute Gasteiger partial charge is 0.166 e. The van der Waals surface area contributed by atoms with Gasteiger partial charge in [-0.15, -0.1) is 0 Å². The Bertz CT molecular complexity index is 371. The standard InChI is InChI=1S/C10H13N3O/c14-9-3-6-1-2-11-4-7(6)10-8(9)5-12-13-10/h5-7,11H,1-4H2,(H,12,13). The molecule has 1 aromatic heterocycles. The lowest BCUT2D eigenvalue weighted by Crippen LogP contribution is -2.39. The predicted octanol–water partition coefficient (Wildman–Crippen LogP) is 0.689. The Balaban J connectivity index is 2.04. The average molecular weight is 191 g/mol. The van der Waals surface area contributed by atoms with Crippen molar-refractivity contribution in [1.82, 2.24) is 15.5 Å². The van der Waals surface area contributed by atoms with Crippen LogP contribution in [0.25, 0.3) is 0 Å². The van der Waals surface area contributed by atoms with Crippen LogP contribution < -0.4 is 5.32 Å². The quantitative estimate of drug-likeness (QED) is 0.634. The molecule has 4 nitrogen and oxygen atoms in total. The number of nitrogens with zero attached hydrogens (tertiary/aromatic N) is 1. The van der Waals surface area contributed by atoms with E-state index >= 15 is 0 Å². The Morgan fingerprint density at radius 2 is 2.43 bits per heavy atom. The lowest BCUT2D eigenvalue weighted by molar-refractivity contribution is 0.0923. The lowest BCUT2D eigenvalue weighted by atomic mass is 9.74. The van der Waals surface area contributed by atoms with Gasteiger partial charge in [0.15, 0.2) is 5.78 Å². The van der Waals surface area contributed by atoms with Gasteiger partial charge in [-0.1, -0.05) is 0 Å². The Kier molecular flexibility index (Phi) is 1.70. The summed E-state index contributed by atoms with van der Waals surface area (Å²) in [6, 6.07) is 0. The van der Waals surface area contributed by atoms with E-state index in [0.717, 1.165) is 30.8 Å². The largest absolute Gasteiger partial charge is 0.316 e. The highest BCUT2D eigenvalue weighted by Crippen LogP contribution is 2.37. The number of carbonyl (C=O) groups excluding carboxylic acids is 1. The minimum atomic E-state index is 0.261. The van der Waals surface area contributed by atoms with Crippen LogP contribution in [0.15, 0.2) is 6.20 Å². The van der Waals surface area contributed by atoms with Crippen molar-refractivity contribution in [3.8, 4) is 0 Å². The van der Waals surface area contributed by atoms with Crippen molar-refractivity contribution < 1.29 is 4.79 Å². The van der Waals surface area contributed by atoms with Crippen molar-refractivity contribution in [2.24, 2.45) is 5.92 Å². The van der Waals surface area contributed by atoms with Crippen molar-refractivity contribution in [3.63, 3.8) is 0 Å². The van der Waals surface area contributed by atoms with E-state index < -0.39 is 0 Å². The van der Waals surface area contributed by atoms with Gasteiger partial charge in [0.2, 0.25) is 0 Å². The molecule has 2 atom stereocenters. The molecule has 1 saturated heterocycles. The average Bonchev–Trinajstić information content (AvgIpc) is 2.67. The zero-order valence-corrected chi connectivity index (χ0v) is 7.92. The summed E-state index contributed by atoms with van der Waals surface area (Å²) in [5, 5.41) is 10.3. The molecule has 0 spiro atoms. The topological polar surface area (TPSA) is 57.8 Å². The van der Waals surface area contributed by atoms with E-state index in [4.69, 9.17) is 0 Å². The minimum Gasteiger partial charge on any atom is -0.316 e. The SMILES string of the molecule is O=C1CC2CCNCC2c2[nH]ncc21. The number of hydrogen-bond acceptors (Lipinski definition) is 3. The summed E-state index contributed by atoms with van der Waals surface area (Å²) in [7, 11) is 0. The third-order valence-corrected chi connectivity index (χ3v) is 3.41. The molecule has 2 unspecified atom stereocenters. The zero-order valence-electron chi connectivity index (χ0n) is 7.92. The molecule has 0 amide bonds. The van der Waals surface area contributed by atoms with Crippen molar-refractivity contribution in [3.05, 3.63) is 17.5 Å². The normalized spacial score (nSPS) is 31.0. The van der Waals surface area contributed by atoms with Gasteiger partial charge in [-0.3, -0.25) is 9.89 Å². The first-order valence-corrected chi connectivity index (χ1v) is 5.13. The van der Waals surface area contributed by atoms with Crippen molar-refractivity contribution in [1.29, 1.82) is 0 Å². The molecule has 1 aliphatic carbocycles. The number of fused-ring (bicyclic) bond motifs is 3. The second kappa shape index (κ2) is 2.92. The number of aromatic amines is 1. The van der Waals surface area contributed by atoms with Crippen LogP contribution in [0.1, 0.15) is 34.8 Å². The van der Waals surface area contributed by atoms with Crippen molar-refractivity contribution in [2.45, 2.75) is 18.8 Å². The summed E-state index contributed by atoms with van der Waals surface area (Å²) in [6.07, 6.45) is 3.48. The van der Waals surface area contributed by atoms with Crippen LogP contribution in [0.2, 0.25) is 0 Å². The maximum absolute atomic E-state index is 11.7. The molecule has 2 heterocycles. The lowest BCUT2D eigenvalue weighted by Gasteiger charge is -2.34. The van der Waals surface area contributed by atoms with Crippen LogP contribution in [-0.4, -0.2) is 29.1 Å². The summed E-state index contributed by atoms with van der Waals surface area (Å²) in [5.41, 5.74) is 1.87. The fourth-order valence-corrected chi connectivity index (χ4v) is 2.64. The van der Waals surface area contributed by atoms with Gasteiger partial charge in [-0.2, -0.15) is 5.10 Å². The van der Waals surface area contributed by atoms with E-state index in [1.165, 1.54) is 0 Å². The van der Waals surface area contributed by atoms with Crippen LogP contribution in [0.3, 0.4) is 0 Å². The number of aromatic nitrogens is 2. The summed E-state index contributed by atoms with van der Waals surface area (Å²) < 4.78 is 0. The molecule has 1 aliphatic heterocycles. The number of Topliss-reactive ketones (excluding diaryl/α,β-unsaturated/α-hetero) is 1. The molecular weight excluding hydrogens is 178 g/mol. The number of H-pyrrole nitrogens is 1. The third kappa shape index (κ3) is 1.04. The molecule has 0 saturated carbocycles. The monoisotopic (exact) mass is 191 g/mol. The number of ketones is 1. The van der Waals surface area contributed by atoms with Gasteiger partial charge in [0, 0.05) is 18.9 Å². The van der Waals surface area contributed by atoms with Crippen LogP contribution in [0, 0.1) is 5.92 Å². The number of hydrogen-bond donors (Lipinski definition) is 2. The van der Waals surface area contributed by atoms with Crippen LogP contribution in [-0.2, 0) is 0 Å². The fourth-order valence-electron chi connectivity index (χ4n) is 2.64. The molecule has 1 fully saturated rings. The number of piperidine rings is 1. The highest BCUT2D eigenvalue weighted by molar-refractivity contribution is 5.98. The van der Waals surface area contributed by atoms with Crippen LogP contribution in [0.4, 0.5) is 0 Å². The molecule has 2 aliphatic rings. The highest BCUT2D eigenvalue weighted by Gasteiger charge is 2.36. The maximum Gasteiger partial charge on any atom is 0.166 e. The van der Waals surface area contributed by atoms with Gasteiger partial charge in [0.25, 0.3) is 0 Å². The summed E-state index contributed by atoms with van der Waals surface area (Å²) >= 11 is 0. The molecule has 4 heteroatoms. The second-order valence-electron chi connectivity index (χ2n) is 4.18. The minimum absolute atomic E-state index is 0.261. The van der Waals surface area contributed by atoms with Gasteiger partial charge in [0.1, 0.15) is 0 Å². The molecule has 0 aromatic carbocycles. The van der Waals surface area contributed by atoms with Crippen LogP contribution >= 0.6 is 0 Å². The van der Waals surface area contributed by atoms with Gasteiger partial charge >= 0.3 is 0 Å². The molecular formula is C10H13N3O. The zero-order chi connectivity index (χ0) is 9.54. The van der Waals surface area contributed by atoms with E-state index in [-0.39, 0.29) is 5.78 Å². The maximum atomic E-state index is 11.7. The second-order valence-corrected chi connectivity index (χ2v) is 4.18. The molecule has 0 radical (unpaired) electrons. The molecule has 2 N–H and O–H groups in total. The third-order valence-electron chi connectivity index (χ3n) is 3.41. The summed E-state index contributed by atoms with van der Waals surface area (Å²) in [6.45, 7) is 2.02. The van der Waals surface area contributed by atoms with Crippen molar-refractivity contribution >= 4 is 5.78 Å². The van der Waals surface area contributed by atoms with Gasteiger partial charge in [-0.25, -0.2) is 0 Å². The van der Waals surface area contributed by atoms with Gasteiger partial charge < -0.3 is 5.32 Å². The molecule has 3 rings (SSSR count). The Labute approximate surface area is 82.1 Å². The summed E-state index contributed by atoms with van der Waals surface area (Å²) in [4.78, 5) is 11.7. The first-order chi connectivity index (χ1) is 6.86. The molecule has 14 heavy (non-hydrogen) atoms. The first kappa shape index (κ1) is 8.17. The Hall–Kier alpha value is -1.16. The number of rotatable bonds is 0. The number of nitrogens with one attached hydrogen (secondary N) is 2. The van der Waals surface area contributed by atoms with E-state index in [1.807, 2.05) is 0 Å². The molecule has 1 aromatic rings. The molecule has 74 valence electrons. The summed E-state index contributed by atoms with van der Waals surface area (Å²) in [5.74, 6) is 1.26. The Morgan fingerprint density at radius 3 is 3.36 bits per heavy atom. The van der Waals surface area contributed by atoms with E-state index in [9.17, 15) is 4.79 Å². The fraction of sp³-hybridized carbons (Fsp3) is 0.600. The molecule has 0 bridgehead atoms. The number of carbonyl (C=O) groups is 1. The van der Waals surface area contributed by atoms with E-state index in [1.54, 1.807) is 6.20 Å². The van der Waals surface area contributed by atoms with Crippen LogP contribution in [0.5, 0.6) is 0 Å². The first-order valence-electron chi connectivity index (χ1n) is 5.13. The Morgan fingerprint density at radius 1 is 1.50 bits per heavy atom.